The van der Waals surface area contributed by atoms with Crippen LogP contribution in [-0.4, -0.2) is 43.9 Å². The summed E-state index contributed by atoms with van der Waals surface area (Å²) in [6.45, 7) is 1.29. The second-order valence-electron chi connectivity index (χ2n) is 6.77. The molecule has 0 spiro atoms. The summed E-state index contributed by atoms with van der Waals surface area (Å²) >= 11 is 0. The third-order valence-corrected chi connectivity index (χ3v) is 4.70. The van der Waals surface area contributed by atoms with Gasteiger partial charge in [0.15, 0.2) is 0 Å². The largest absolute Gasteiger partial charge is 0.573 e. The van der Waals surface area contributed by atoms with Crippen LogP contribution in [0.3, 0.4) is 0 Å². The van der Waals surface area contributed by atoms with Crippen molar-refractivity contribution in [2.75, 3.05) is 24.5 Å². The Hall–Kier alpha value is -2.45. The Morgan fingerprint density at radius 3 is 2.89 bits per heavy atom. The van der Waals surface area contributed by atoms with Gasteiger partial charge in [0, 0.05) is 18.8 Å². The zero-order valence-electron chi connectivity index (χ0n) is 14.8. The van der Waals surface area contributed by atoms with Gasteiger partial charge in [0.1, 0.15) is 11.8 Å². The van der Waals surface area contributed by atoms with Crippen molar-refractivity contribution in [1.29, 1.82) is 0 Å². The number of benzene rings is 1. The minimum Gasteiger partial charge on any atom is -0.406 e. The van der Waals surface area contributed by atoms with Crippen LogP contribution in [0.5, 0.6) is 5.75 Å². The van der Waals surface area contributed by atoms with Crippen molar-refractivity contribution in [3.63, 3.8) is 0 Å². The SMILES string of the molecule is O=C(CN1CCCc2cc(OC(F)(F)F)ccc21)N[C@@H]1CCCCNC1=O. The maximum atomic E-state index is 12.4. The molecule has 148 valence electrons. The van der Waals surface area contributed by atoms with E-state index in [9.17, 15) is 22.8 Å². The van der Waals surface area contributed by atoms with E-state index in [1.807, 2.05) is 4.90 Å². The molecule has 2 amide bonds. The summed E-state index contributed by atoms with van der Waals surface area (Å²) < 4.78 is 41.1. The van der Waals surface area contributed by atoms with E-state index < -0.39 is 12.4 Å². The molecular formula is C18H22F3N3O3. The Labute approximate surface area is 155 Å². The van der Waals surface area contributed by atoms with Crippen LogP contribution in [-0.2, 0) is 16.0 Å². The Morgan fingerprint density at radius 2 is 2.11 bits per heavy atom. The van der Waals surface area contributed by atoms with E-state index in [1.165, 1.54) is 12.1 Å². The molecule has 27 heavy (non-hydrogen) atoms. The fourth-order valence-corrected chi connectivity index (χ4v) is 3.50. The fraction of sp³-hybridized carbons (Fsp3) is 0.556. The fourth-order valence-electron chi connectivity index (χ4n) is 3.50. The zero-order valence-corrected chi connectivity index (χ0v) is 14.8. The van der Waals surface area contributed by atoms with Gasteiger partial charge < -0.3 is 20.3 Å². The molecule has 1 aromatic rings. The average molecular weight is 385 g/mol. The number of nitrogens with one attached hydrogen (secondary N) is 2. The molecule has 2 heterocycles. The topological polar surface area (TPSA) is 70.7 Å². The van der Waals surface area contributed by atoms with Crippen molar-refractivity contribution in [2.45, 2.75) is 44.5 Å². The summed E-state index contributed by atoms with van der Waals surface area (Å²) in [4.78, 5) is 26.2. The van der Waals surface area contributed by atoms with Crippen LogP contribution in [0.1, 0.15) is 31.2 Å². The highest BCUT2D eigenvalue weighted by Gasteiger charge is 2.32. The van der Waals surface area contributed by atoms with Crippen LogP contribution < -0.4 is 20.3 Å². The summed E-state index contributed by atoms with van der Waals surface area (Å²) in [5.74, 6) is -0.711. The molecule has 0 aliphatic carbocycles. The highest BCUT2D eigenvalue weighted by molar-refractivity contribution is 5.89. The van der Waals surface area contributed by atoms with Gasteiger partial charge in [-0.25, -0.2) is 0 Å². The summed E-state index contributed by atoms with van der Waals surface area (Å²) in [6, 6.07) is 3.63. The van der Waals surface area contributed by atoms with Crippen molar-refractivity contribution < 1.29 is 27.5 Å². The number of alkyl halides is 3. The minimum absolute atomic E-state index is 0.0518. The van der Waals surface area contributed by atoms with Gasteiger partial charge in [-0.1, -0.05) is 0 Å². The van der Waals surface area contributed by atoms with E-state index in [0.29, 0.717) is 31.5 Å². The van der Waals surface area contributed by atoms with E-state index in [0.717, 1.165) is 24.9 Å². The van der Waals surface area contributed by atoms with E-state index in [4.69, 9.17) is 0 Å². The van der Waals surface area contributed by atoms with Crippen LogP contribution in [0.25, 0.3) is 0 Å². The molecule has 0 unspecified atom stereocenters. The number of hydrogen-bond donors (Lipinski definition) is 2. The lowest BCUT2D eigenvalue weighted by Gasteiger charge is -2.31. The number of amides is 2. The van der Waals surface area contributed by atoms with Crippen molar-refractivity contribution in [2.24, 2.45) is 0 Å². The van der Waals surface area contributed by atoms with Gasteiger partial charge in [-0.05, 0) is 55.9 Å². The molecule has 0 radical (unpaired) electrons. The number of rotatable bonds is 4. The number of nitrogens with zero attached hydrogens (tertiary/aromatic N) is 1. The molecule has 3 rings (SSSR count). The lowest BCUT2D eigenvalue weighted by Crippen LogP contribution is -2.49. The Balaban J connectivity index is 1.65. The first-order chi connectivity index (χ1) is 12.8. The first-order valence-corrected chi connectivity index (χ1v) is 9.02. The van der Waals surface area contributed by atoms with Gasteiger partial charge in [-0.3, -0.25) is 9.59 Å². The minimum atomic E-state index is -4.73. The number of carbonyl (C=O) groups excluding carboxylic acids is 2. The maximum Gasteiger partial charge on any atom is 0.573 e. The van der Waals surface area contributed by atoms with Crippen LogP contribution in [0.15, 0.2) is 18.2 Å². The van der Waals surface area contributed by atoms with Crippen LogP contribution in [0.2, 0.25) is 0 Å². The standard InChI is InChI=1S/C18H22F3N3O3/c19-18(20,21)27-13-6-7-15-12(10-13)4-3-9-24(15)11-16(25)23-14-5-1-2-8-22-17(14)26/h6-7,10,14H,1-5,8-9,11H2,(H,22,26)(H,23,25)/t14-/m1/s1. The monoisotopic (exact) mass is 385 g/mol. The molecule has 2 aliphatic heterocycles. The van der Waals surface area contributed by atoms with Gasteiger partial charge in [-0.15, -0.1) is 13.2 Å². The number of fused-ring (bicyclic) bond motifs is 1. The molecule has 1 saturated heterocycles. The van der Waals surface area contributed by atoms with E-state index in [-0.39, 0.29) is 24.1 Å². The smallest absolute Gasteiger partial charge is 0.406 e. The van der Waals surface area contributed by atoms with Crippen molar-refractivity contribution in [3.8, 4) is 5.75 Å². The number of aryl methyl sites for hydroxylation is 1. The quantitative estimate of drug-likeness (QED) is 0.833. The van der Waals surface area contributed by atoms with Gasteiger partial charge in [0.2, 0.25) is 11.8 Å². The third-order valence-electron chi connectivity index (χ3n) is 4.70. The van der Waals surface area contributed by atoms with Crippen LogP contribution >= 0.6 is 0 Å². The summed E-state index contributed by atoms with van der Waals surface area (Å²) in [5, 5.41) is 5.53. The van der Waals surface area contributed by atoms with Crippen molar-refractivity contribution >= 4 is 17.5 Å². The molecule has 1 fully saturated rings. The predicted octanol–water partition coefficient (Wildman–Crippen LogP) is 2.12. The summed E-state index contributed by atoms with van der Waals surface area (Å²) in [5.41, 5.74) is 1.43. The van der Waals surface area contributed by atoms with Crippen LogP contribution in [0, 0.1) is 0 Å². The predicted molar refractivity (Wildman–Crippen MR) is 92.5 cm³/mol. The first kappa shape index (κ1) is 19.3. The number of hydrogen-bond acceptors (Lipinski definition) is 4. The summed E-state index contributed by atoms with van der Waals surface area (Å²) in [7, 11) is 0. The Bertz CT molecular complexity index is 709. The Morgan fingerprint density at radius 1 is 1.30 bits per heavy atom. The molecule has 6 nitrogen and oxygen atoms in total. The molecule has 0 saturated carbocycles. The van der Waals surface area contributed by atoms with Crippen LogP contribution in [0.4, 0.5) is 18.9 Å². The molecule has 1 aromatic carbocycles. The molecule has 0 bridgehead atoms. The number of anilines is 1. The molecule has 2 N–H and O–H groups in total. The first-order valence-electron chi connectivity index (χ1n) is 9.02. The van der Waals surface area contributed by atoms with Gasteiger partial charge in [0.05, 0.1) is 6.54 Å². The van der Waals surface area contributed by atoms with E-state index in [1.54, 1.807) is 6.07 Å². The highest BCUT2D eigenvalue weighted by Crippen LogP contribution is 2.32. The van der Waals surface area contributed by atoms with Gasteiger partial charge >= 0.3 is 6.36 Å². The maximum absolute atomic E-state index is 12.4. The molecular weight excluding hydrogens is 363 g/mol. The lowest BCUT2D eigenvalue weighted by molar-refractivity contribution is -0.274. The zero-order chi connectivity index (χ0) is 19.4. The Kier molecular flexibility index (Phi) is 5.76. The van der Waals surface area contributed by atoms with Crippen molar-refractivity contribution in [3.05, 3.63) is 23.8 Å². The highest BCUT2D eigenvalue weighted by atomic mass is 19.4. The third kappa shape index (κ3) is 5.27. The molecule has 2 aliphatic rings. The number of carbonyl (C=O) groups is 2. The average Bonchev–Trinajstić information content (AvgIpc) is 2.78. The summed E-state index contributed by atoms with van der Waals surface area (Å²) in [6.07, 6.45) is -1.04. The van der Waals surface area contributed by atoms with Crippen molar-refractivity contribution in [1.82, 2.24) is 10.6 Å². The second kappa shape index (κ2) is 8.06. The van der Waals surface area contributed by atoms with Gasteiger partial charge in [0.25, 0.3) is 0 Å². The lowest BCUT2D eigenvalue weighted by atomic mass is 10.0. The second-order valence-corrected chi connectivity index (χ2v) is 6.77. The normalized spacial score (nSPS) is 20.3. The van der Waals surface area contributed by atoms with E-state index in [2.05, 4.69) is 15.4 Å². The van der Waals surface area contributed by atoms with E-state index >= 15 is 0 Å². The number of ether oxygens (including phenoxy) is 1. The number of halogens is 3. The van der Waals surface area contributed by atoms with Gasteiger partial charge in [-0.2, -0.15) is 0 Å². The molecule has 9 heteroatoms. The molecule has 0 aromatic heterocycles. The molecule has 1 atom stereocenters.